The number of anilines is 2. The second-order valence-electron chi connectivity index (χ2n) is 7.98. The molecule has 30 heavy (non-hydrogen) atoms. The van der Waals surface area contributed by atoms with Gasteiger partial charge in [0.1, 0.15) is 11.6 Å². The first-order valence-electron chi connectivity index (χ1n) is 10.1. The summed E-state index contributed by atoms with van der Waals surface area (Å²) >= 11 is 0. The summed E-state index contributed by atoms with van der Waals surface area (Å²) in [7, 11) is 0. The Morgan fingerprint density at radius 2 is 1.90 bits per heavy atom. The quantitative estimate of drug-likeness (QED) is 0.432. The van der Waals surface area contributed by atoms with Gasteiger partial charge in [-0.05, 0) is 62.1 Å². The van der Waals surface area contributed by atoms with Crippen molar-refractivity contribution in [2.45, 2.75) is 38.6 Å². The van der Waals surface area contributed by atoms with Gasteiger partial charge in [-0.25, -0.2) is 9.37 Å². The molecule has 7 heteroatoms. The average Bonchev–Trinajstić information content (AvgIpc) is 3.46. The summed E-state index contributed by atoms with van der Waals surface area (Å²) in [6, 6.07) is 12.4. The van der Waals surface area contributed by atoms with Gasteiger partial charge >= 0.3 is 0 Å². The van der Waals surface area contributed by atoms with Crippen LogP contribution < -0.4 is 11.1 Å². The number of nitrogen functional groups attached to an aromatic ring is 1. The van der Waals surface area contributed by atoms with E-state index in [0.717, 1.165) is 33.3 Å². The fraction of sp³-hybridized carbons (Fsp3) is 0.261. The number of hydrogen-bond donors (Lipinski definition) is 3. The predicted octanol–water partition coefficient (Wildman–Crippen LogP) is 5.10. The van der Waals surface area contributed by atoms with Crippen molar-refractivity contribution >= 4 is 22.7 Å². The maximum atomic E-state index is 13.2. The molecule has 4 N–H and O–H groups in total. The number of nitrogens with one attached hydrogen (secondary N) is 2. The molecule has 0 spiro atoms. The highest BCUT2D eigenvalue weighted by molar-refractivity contribution is 6.02. The van der Waals surface area contributed by atoms with Gasteiger partial charge in [0.15, 0.2) is 0 Å². The Balaban J connectivity index is 1.52. The molecule has 2 aromatic heterocycles. The Hall–Kier alpha value is -3.48. The monoisotopic (exact) mass is 402 g/mol. The lowest BCUT2D eigenvalue weighted by molar-refractivity contribution is 0.626. The minimum Gasteiger partial charge on any atom is -0.383 e. The van der Waals surface area contributed by atoms with Crippen molar-refractivity contribution in [2.24, 2.45) is 0 Å². The molecule has 1 fully saturated rings. The Kier molecular flexibility index (Phi) is 4.38. The molecule has 1 aliphatic rings. The average molecular weight is 402 g/mol. The van der Waals surface area contributed by atoms with Crippen LogP contribution in [0.25, 0.3) is 22.2 Å². The smallest absolute Gasteiger partial charge is 0.225 e. The van der Waals surface area contributed by atoms with Crippen LogP contribution in [0.1, 0.15) is 48.5 Å². The predicted molar refractivity (Wildman–Crippen MR) is 117 cm³/mol. The number of hydrogen-bond acceptors (Lipinski definition) is 5. The summed E-state index contributed by atoms with van der Waals surface area (Å²) < 4.78 is 13.2. The van der Waals surface area contributed by atoms with E-state index in [4.69, 9.17) is 5.73 Å². The molecule has 0 saturated heterocycles. The summed E-state index contributed by atoms with van der Waals surface area (Å²) in [5, 5.41) is 11.8. The topological polar surface area (TPSA) is 92.5 Å². The molecule has 0 radical (unpaired) electrons. The third-order valence-electron chi connectivity index (χ3n) is 5.69. The van der Waals surface area contributed by atoms with Crippen LogP contribution in [0.2, 0.25) is 0 Å². The molecule has 0 bridgehead atoms. The largest absolute Gasteiger partial charge is 0.383 e. The van der Waals surface area contributed by atoms with Crippen LogP contribution in [-0.4, -0.2) is 20.2 Å². The van der Waals surface area contributed by atoms with Gasteiger partial charge in [0.2, 0.25) is 5.95 Å². The Bertz CT molecular complexity index is 1230. The van der Waals surface area contributed by atoms with E-state index in [1.165, 1.54) is 30.7 Å². The first-order chi connectivity index (χ1) is 14.5. The zero-order valence-corrected chi connectivity index (χ0v) is 16.9. The number of fused-ring (bicyclic) bond motifs is 1. The SMILES string of the molecule is Cc1ccc2nc(N[C@@H](C)c3ccc(F)cc3)nc(N)c2c1-c1cc(C2CC2)[nH]n1. The number of nitrogens with zero attached hydrogens (tertiary/aromatic N) is 3. The molecule has 1 saturated carbocycles. The van der Waals surface area contributed by atoms with Gasteiger partial charge < -0.3 is 11.1 Å². The van der Waals surface area contributed by atoms with E-state index in [-0.39, 0.29) is 11.9 Å². The molecular formula is C23H23FN6. The summed E-state index contributed by atoms with van der Waals surface area (Å²) in [6.07, 6.45) is 2.42. The third kappa shape index (κ3) is 3.36. The number of benzene rings is 2. The number of aromatic amines is 1. The number of aryl methyl sites for hydroxylation is 1. The number of aromatic nitrogens is 4. The van der Waals surface area contributed by atoms with Gasteiger partial charge in [0.25, 0.3) is 0 Å². The van der Waals surface area contributed by atoms with Crippen LogP contribution in [0.4, 0.5) is 16.2 Å². The van der Waals surface area contributed by atoms with E-state index < -0.39 is 0 Å². The van der Waals surface area contributed by atoms with Gasteiger partial charge in [-0.3, -0.25) is 5.10 Å². The molecular weight excluding hydrogens is 379 g/mol. The molecule has 0 amide bonds. The second-order valence-corrected chi connectivity index (χ2v) is 7.98. The number of H-pyrrole nitrogens is 1. The Morgan fingerprint density at radius 1 is 1.13 bits per heavy atom. The van der Waals surface area contributed by atoms with Crippen LogP contribution in [0.15, 0.2) is 42.5 Å². The molecule has 2 aromatic carbocycles. The lowest BCUT2D eigenvalue weighted by Gasteiger charge is -2.16. The highest BCUT2D eigenvalue weighted by atomic mass is 19.1. The van der Waals surface area contributed by atoms with E-state index in [1.807, 2.05) is 26.0 Å². The minimum atomic E-state index is -0.261. The molecule has 4 aromatic rings. The molecule has 5 rings (SSSR count). The molecule has 1 atom stereocenters. The summed E-state index contributed by atoms with van der Waals surface area (Å²) in [5.74, 6) is 1.18. The van der Waals surface area contributed by atoms with Crippen molar-refractivity contribution in [1.29, 1.82) is 0 Å². The maximum Gasteiger partial charge on any atom is 0.225 e. The lowest BCUT2D eigenvalue weighted by Crippen LogP contribution is -2.11. The molecule has 2 heterocycles. The van der Waals surface area contributed by atoms with Crippen molar-refractivity contribution in [3.8, 4) is 11.3 Å². The zero-order chi connectivity index (χ0) is 20.8. The minimum absolute atomic E-state index is 0.0974. The van der Waals surface area contributed by atoms with Gasteiger partial charge in [0, 0.05) is 17.2 Å². The number of nitrogens with two attached hydrogens (primary N) is 1. The van der Waals surface area contributed by atoms with E-state index in [2.05, 4.69) is 31.5 Å². The Labute approximate surface area is 173 Å². The van der Waals surface area contributed by atoms with E-state index in [0.29, 0.717) is 17.7 Å². The van der Waals surface area contributed by atoms with Gasteiger partial charge in [-0.15, -0.1) is 0 Å². The first kappa shape index (κ1) is 18.5. The van der Waals surface area contributed by atoms with E-state index in [1.54, 1.807) is 12.1 Å². The highest BCUT2D eigenvalue weighted by Crippen LogP contribution is 2.41. The van der Waals surface area contributed by atoms with Crippen LogP contribution >= 0.6 is 0 Å². The Morgan fingerprint density at radius 3 is 2.63 bits per heavy atom. The van der Waals surface area contributed by atoms with Crippen molar-refractivity contribution in [3.05, 3.63) is 65.1 Å². The fourth-order valence-electron chi connectivity index (χ4n) is 3.85. The van der Waals surface area contributed by atoms with Crippen LogP contribution in [0.5, 0.6) is 0 Å². The van der Waals surface area contributed by atoms with E-state index in [9.17, 15) is 4.39 Å². The normalized spacial score (nSPS) is 14.8. The summed E-state index contributed by atoms with van der Waals surface area (Å²) in [4.78, 5) is 9.20. The van der Waals surface area contributed by atoms with Crippen LogP contribution in [0, 0.1) is 12.7 Å². The first-order valence-corrected chi connectivity index (χ1v) is 10.1. The van der Waals surface area contributed by atoms with E-state index >= 15 is 0 Å². The molecule has 1 aliphatic carbocycles. The van der Waals surface area contributed by atoms with Gasteiger partial charge in [-0.1, -0.05) is 18.2 Å². The van der Waals surface area contributed by atoms with Crippen molar-refractivity contribution in [2.75, 3.05) is 11.1 Å². The van der Waals surface area contributed by atoms with Gasteiger partial charge in [0.05, 0.1) is 22.6 Å². The lowest BCUT2D eigenvalue weighted by atomic mass is 9.99. The van der Waals surface area contributed by atoms with Crippen molar-refractivity contribution in [1.82, 2.24) is 20.2 Å². The van der Waals surface area contributed by atoms with Crippen LogP contribution in [0.3, 0.4) is 0 Å². The number of halogens is 1. The zero-order valence-electron chi connectivity index (χ0n) is 16.9. The molecule has 0 unspecified atom stereocenters. The van der Waals surface area contributed by atoms with Crippen LogP contribution in [-0.2, 0) is 0 Å². The third-order valence-corrected chi connectivity index (χ3v) is 5.69. The number of rotatable bonds is 5. The summed E-state index contributed by atoms with van der Waals surface area (Å²) in [5.41, 5.74) is 12.2. The fourth-order valence-corrected chi connectivity index (χ4v) is 3.85. The maximum absolute atomic E-state index is 13.2. The molecule has 6 nitrogen and oxygen atoms in total. The standard InChI is InChI=1S/C23H23FN6/c1-12-3-10-17-21(20(12)19-11-18(29-30-19)15-4-5-15)22(25)28-23(27-17)26-13(2)14-6-8-16(24)9-7-14/h3,6-11,13,15H,4-5H2,1-2H3,(H,29,30)(H3,25,26,27,28)/t13-/m0/s1. The molecule has 0 aliphatic heterocycles. The van der Waals surface area contributed by atoms with Gasteiger partial charge in [-0.2, -0.15) is 10.1 Å². The van der Waals surface area contributed by atoms with Crippen molar-refractivity contribution in [3.63, 3.8) is 0 Å². The second kappa shape index (κ2) is 7.09. The molecule has 152 valence electrons. The summed E-state index contributed by atoms with van der Waals surface area (Å²) in [6.45, 7) is 4.02. The van der Waals surface area contributed by atoms with Crippen molar-refractivity contribution < 1.29 is 4.39 Å². The highest BCUT2D eigenvalue weighted by Gasteiger charge is 2.26.